The van der Waals surface area contributed by atoms with E-state index >= 15 is 0 Å². The molecule has 0 aliphatic heterocycles. The Kier molecular flexibility index (Phi) is 3.22. The summed E-state index contributed by atoms with van der Waals surface area (Å²) in [6.07, 6.45) is 0.601. The molecule has 3 unspecified atom stereocenters. The Bertz CT molecular complexity index is 281. The van der Waals surface area contributed by atoms with Crippen molar-refractivity contribution in [2.75, 3.05) is 7.11 Å². The van der Waals surface area contributed by atoms with Gasteiger partial charge in [0.1, 0.15) is 11.7 Å². The number of ketones is 1. The van der Waals surface area contributed by atoms with Crippen LogP contribution in [0.1, 0.15) is 34.1 Å². The van der Waals surface area contributed by atoms with Crippen molar-refractivity contribution in [3.63, 3.8) is 0 Å². The van der Waals surface area contributed by atoms with Crippen LogP contribution in [0, 0.1) is 23.2 Å². The summed E-state index contributed by atoms with van der Waals surface area (Å²) in [7, 11) is 1.34. The lowest BCUT2D eigenvalue weighted by molar-refractivity contribution is -0.156. The minimum atomic E-state index is -0.559. The van der Waals surface area contributed by atoms with Crippen molar-refractivity contribution in [1.29, 1.82) is 0 Å². The van der Waals surface area contributed by atoms with E-state index in [-0.39, 0.29) is 23.1 Å². The summed E-state index contributed by atoms with van der Waals surface area (Å²) in [5.41, 5.74) is 0.0200. The van der Waals surface area contributed by atoms with Gasteiger partial charge in [0, 0.05) is 5.92 Å². The lowest BCUT2D eigenvalue weighted by atomic mass is 9.61. The Hall–Kier alpha value is -0.860. The van der Waals surface area contributed by atoms with Crippen LogP contribution in [0.15, 0.2) is 0 Å². The van der Waals surface area contributed by atoms with E-state index < -0.39 is 5.92 Å². The maximum absolute atomic E-state index is 11.9. The van der Waals surface area contributed by atoms with E-state index in [9.17, 15) is 9.59 Å². The van der Waals surface area contributed by atoms with Gasteiger partial charge in [-0.15, -0.1) is 0 Å². The summed E-state index contributed by atoms with van der Waals surface area (Å²) in [5.74, 6) is -0.652. The number of methoxy groups -OCH3 is 1. The molecule has 3 atom stereocenters. The highest BCUT2D eigenvalue weighted by Gasteiger charge is 2.46. The molecule has 3 heteroatoms. The Labute approximate surface area is 91.2 Å². The van der Waals surface area contributed by atoms with E-state index in [2.05, 4.69) is 25.5 Å². The van der Waals surface area contributed by atoms with Crippen LogP contribution in [0.2, 0.25) is 0 Å². The Morgan fingerprint density at radius 3 is 2.40 bits per heavy atom. The van der Waals surface area contributed by atoms with Crippen LogP contribution < -0.4 is 0 Å². The summed E-state index contributed by atoms with van der Waals surface area (Å²) in [6.45, 7) is 8.20. The molecule has 0 heterocycles. The van der Waals surface area contributed by atoms with Crippen LogP contribution in [-0.2, 0) is 14.3 Å². The van der Waals surface area contributed by atoms with Gasteiger partial charge in [-0.3, -0.25) is 9.59 Å². The molecule has 1 aliphatic rings. The number of hydrogen-bond donors (Lipinski definition) is 0. The number of carbonyl (C=O) groups excluding carboxylic acids is 2. The molecule has 0 aromatic carbocycles. The minimum Gasteiger partial charge on any atom is -0.468 e. The third-order valence-corrected chi connectivity index (χ3v) is 3.99. The van der Waals surface area contributed by atoms with E-state index in [0.29, 0.717) is 12.3 Å². The van der Waals surface area contributed by atoms with Gasteiger partial charge in [0.2, 0.25) is 0 Å². The molecule has 0 aromatic rings. The van der Waals surface area contributed by atoms with Gasteiger partial charge in [-0.05, 0) is 17.8 Å². The molecule has 1 rings (SSSR count). The summed E-state index contributed by atoms with van der Waals surface area (Å²) in [6, 6.07) is 0. The molecule has 0 saturated heterocycles. The maximum atomic E-state index is 11.9. The van der Waals surface area contributed by atoms with Gasteiger partial charge in [0.15, 0.2) is 0 Å². The number of carbonyl (C=O) groups is 2. The molecule has 0 spiro atoms. The van der Waals surface area contributed by atoms with Gasteiger partial charge in [-0.2, -0.15) is 0 Å². The lowest BCUT2D eigenvalue weighted by Crippen LogP contribution is -2.45. The first-order valence-electron chi connectivity index (χ1n) is 5.43. The van der Waals surface area contributed by atoms with Crippen molar-refractivity contribution in [2.24, 2.45) is 23.2 Å². The van der Waals surface area contributed by atoms with Crippen molar-refractivity contribution in [1.82, 2.24) is 0 Å². The van der Waals surface area contributed by atoms with E-state index in [1.54, 1.807) is 0 Å². The largest absolute Gasteiger partial charge is 0.468 e. The van der Waals surface area contributed by atoms with E-state index in [1.165, 1.54) is 7.11 Å². The fraction of sp³-hybridized carbons (Fsp3) is 0.833. The quantitative estimate of drug-likeness (QED) is 0.493. The zero-order valence-electron chi connectivity index (χ0n) is 10.2. The van der Waals surface area contributed by atoms with Gasteiger partial charge in [-0.1, -0.05) is 27.7 Å². The third-order valence-electron chi connectivity index (χ3n) is 3.99. The van der Waals surface area contributed by atoms with E-state index in [4.69, 9.17) is 0 Å². The maximum Gasteiger partial charge on any atom is 0.316 e. The van der Waals surface area contributed by atoms with Crippen LogP contribution in [0.5, 0.6) is 0 Å². The van der Waals surface area contributed by atoms with Gasteiger partial charge in [0.05, 0.1) is 7.11 Å². The van der Waals surface area contributed by atoms with Crippen LogP contribution in [0.4, 0.5) is 0 Å². The normalized spacial score (nSPS) is 35.0. The topological polar surface area (TPSA) is 43.4 Å². The number of hydrogen-bond acceptors (Lipinski definition) is 3. The first-order valence-corrected chi connectivity index (χ1v) is 5.43. The van der Waals surface area contributed by atoms with Crippen molar-refractivity contribution >= 4 is 11.8 Å². The first-order chi connectivity index (χ1) is 6.81. The smallest absolute Gasteiger partial charge is 0.316 e. The van der Waals surface area contributed by atoms with Crippen LogP contribution in [-0.4, -0.2) is 18.9 Å². The van der Waals surface area contributed by atoms with Gasteiger partial charge in [0.25, 0.3) is 0 Å². The monoisotopic (exact) mass is 212 g/mol. The predicted molar refractivity (Wildman–Crippen MR) is 57.2 cm³/mol. The second-order valence-corrected chi connectivity index (χ2v) is 5.25. The molecule has 3 nitrogen and oxygen atoms in total. The molecule has 0 aromatic heterocycles. The second kappa shape index (κ2) is 3.95. The molecule has 1 fully saturated rings. The fourth-order valence-electron chi connectivity index (χ4n) is 2.39. The highest BCUT2D eigenvalue weighted by molar-refractivity contribution is 6.00. The summed E-state index contributed by atoms with van der Waals surface area (Å²) in [5, 5.41) is 0. The first kappa shape index (κ1) is 12.2. The van der Waals surface area contributed by atoms with Gasteiger partial charge < -0.3 is 4.74 Å². The predicted octanol–water partition coefficient (Wildman–Crippen LogP) is 2.05. The number of rotatable bonds is 1. The van der Waals surface area contributed by atoms with Crippen LogP contribution >= 0.6 is 0 Å². The molecular weight excluding hydrogens is 192 g/mol. The van der Waals surface area contributed by atoms with Crippen molar-refractivity contribution in [3.8, 4) is 0 Å². The fourth-order valence-corrected chi connectivity index (χ4v) is 2.39. The molecule has 0 bridgehead atoms. The van der Waals surface area contributed by atoms with Gasteiger partial charge >= 0.3 is 5.97 Å². The number of esters is 1. The molecule has 0 radical (unpaired) electrons. The highest BCUT2D eigenvalue weighted by Crippen LogP contribution is 2.44. The average molecular weight is 212 g/mol. The van der Waals surface area contributed by atoms with Crippen molar-refractivity contribution < 1.29 is 14.3 Å². The highest BCUT2D eigenvalue weighted by atomic mass is 16.5. The average Bonchev–Trinajstić information content (AvgIpc) is 2.19. The SMILES string of the molecule is COC(=O)C1CC(C)(C)C(C)C(C)C1=O. The Balaban J connectivity index is 2.94. The molecule has 0 amide bonds. The van der Waals surface area contributed by atoms with Crippen molar-refractivity contribution in [3.05, 3.63) is 0 Å². The summed E-state index contributed by atoms with van der Waals surface area (Å²) in [4.78, 5) is 23.4. The molecule has 0 N–H and O–H groups in total. The van der Waals surface area contributed by atoms with Crippen LogP contribution in [0.25, 0.3) is 0 Å². The van der Waals surface area contributed by atoms with Crippen molar-refractivity contribution in [2.45, 2.75) is 34.1 Å². The Morgan fingerprint density at radius 1 is 1.40 bits per heavy atom. The summed E-state index contributed by atoms with van der Waals surface area (Å²) >= 11 is 0. The standard InChI is InChI=1S/C12H20O3/c1-7-8(2)12(3,4)6-9(10(7)13)11(14)15-5/h7-9H,6H2,1-5H3. The lowest BCUT2D eigenvalue weighted by Gasteiger charge is -2.42. The zero-order chi connectivity index (χ0) is 11.8. The molecule has 15 heavy (non-hydrogen) atoms. The molecular formula is C12H20O3. The second-order valence-electron chi connectivity index (χ2n) is 5.25. The Morgan fingerprint density at radius 2 is 1.93 bits per heavy atom. The van der Waals surface area contributed by atoms with E-state index in [0.717, 1.165) is 0 Å². The number of Topliss-reactive ketones (excluding diaryl/α,β-unsaturated/α-hetero) is 1. The molecule has 1 saturated carbocycles. The van der Waals surface area contributed by atoms with Crippen LogP contribution in [0.3, 0.4) is 0 Å². The molecule has 1 aliphatic carbocycles. The summed E-state index contributed by atoms with van der Waals surface area (Å²) < 4.78 is 4.68. The van der Waals surface area contributed by atoms with E-state index in [1.807, 2.05) is 6.92 Å². The van der Waals surface area contributed by atoms with Gasteiger partial charge in [-0.25, -0.2) is 0 Å². The third kappa shape index (κ3) is 2.06. The minimum absolute atomic E-state index is 0.0200. The molecule has 86 valence electrons. The number of ether oxygens (including phenoxy) is 1. The zero-order valence-corrected chi connectivity index (χ0v) is 10.2.